The zero-order valence-corrected chi connectivity index (χ0v) is 22.2. The molecule has 3 N–H and O–H groups in total. The van der Waals surface area contributed by atoms with Crippen LogP contribution in [0.5, 0.6) is 0 Å². The second-order valence-corrected chi connectivity index (χ2v) is 9.69. The summed E-state index contributed by atoms with van der Waals surface area (Å²) in [6.45, 7) is 3.58. The molecule has 14 heteroatoms. The van der Waals surface area contributed by atoms with Crippen molar-refractivity contribution in [3.05, 3.63) is 46.9 Å². The molecule has 0 bridgehead atoms. The Balaban J connectivity index is 1.82. The maximum atomic E-state index is 13.2. The van der Waals surface area contributed by atoms with Crippen molar-refractivity contribution in [3.8, 4) is 11.4 Å². The number of ether oxygens (including phenoxy) is 1. The molecule has 0 unspecified atom stereocenters. The Morgan fingerprint density at radius 1 is 1.18 bits per heavy atom. The van der Waals surface area contributed by atoms with Crippen molar-refractivity contribution in [2.45, 2.75) is 26.4 Å². The molecule has 1 fully saturated rings. The summed E-state index contributed by atoms with van der Waals surface area (Å²) in [6, 6.07) is 7.50. The highest BCUT2D eigenvalue weighted by molar-refractivity contribution is 8.14. The third kappa shape index (κ3) is 6.97. The molecule has 38 heavy (non-hydrogen) atoms. The van der Waals surface area contributed by atoms with Crippen LogP contribution < -0.4 is 21.6 Å². The highest BCUT2D eigenvalue weighted by Gasteiger charge is 2.30. The van der Waals surface area contributed by atoms with Crippen LogP contribution in [0.4, 0.5) is 10.5 Å². The lowest BCUT2D eigenvalue weighted by molar-refractivity contribution is -0.140. The zero-order chi connectivity index (χ0) is 27.8. The summed E-state index contributed by atoms with van der Waals surface area (Å²) in [5.41, 5.74) is 1.89. The van der Waals surface area contributed by atoms with E-state index in [0.29, 0.717) is 10.7 Å². The first kappa shape index (κ1) is 28.4. The van der Waals surface area contributed by atoms with Gasteiger partial charge >= 0.3 is 12.0 Å². The Morgan fingerprint density at radius 2 is 1.89 bits per heavy atom. The Labute approximate surface area is 223 Å². The first-order valence-corrected chi connectivity index (χ1v) is 12.7. The van der Waals surface area contributed by atoms with Crippen LogP contribution in [-0.4, -0.2) is 75.8 Å². The van der Waals surface area contributed by atoms with E-state index >= 15 is 0 Å². The third-order valence-corrected chi connectivity index (χ3v) is 6.58. The molecule has 3 rings (SSSR count). The van der Waals surface area contributed by atoms with Crippen LogP contribution >= 0.6 is 11.8 Å². The van der Waals surface area contributed by atoms with Crippen molar-refractivity contribution in [2.24, 2.45) is 11.0 Å². The number of aromatic nitrogens is 2. The number of nitrogens with zero attached hydrogens (tertiary/aromatic N) is 4. The molecule has 3 amide bonds. The number of hydrazone groups is 1. The number of anilines is 1. The predicted octanol–water partition coefficient (Wildman–Crippen LogP) is 0.864. The summed E-state index contributed by atoms with van der Waals surface area (Å²) < 4.78 is 5.60. The molecule has 0 radical (unpaired) electrons. The number of ketones is 1. The number of rotatable bonds is 9. The van der Waals surface area contributed by atoms with E-state index in [2.05, 4.69) is 30.9 Å². The lowest BCUT2D eigenvalue weighted by atomic mass is 9.99. The Hall–Kier alpha value is -4.20. The number of amidine groups is 1. The molecule has 202 valence electrons. The number of hydrogen-bond donors (Lipinski definition) is 3. The number of methoxy groups -OCH3 is 1. The molecule has 1 aromatic carbocycles. The van der Waals surface area contributed by atoms with E-state index in [-0.39, 0.29) is 11.5 Å². The number of nitrogens with one attached hydrogen (secondary N) is 3. The van der Waals surface area contributed by atoms with Gasteiger partial charge in [-0.3, -0.25) is 29.1 Å². The summed E-state index contributed by atoms with van der Waals surface area (Å²) in [5, 5.41) is 9.38. The number of carbonyl (C=O) groups excluding carboxylic acids is 4. The van der Waals surface area contributed by atoms with E-state index in [0.717, 1.165) is 24.0 Å². The fraction of sp³-hybridized carbons (Fsp3) is 0.375. The molecule has 1 aliphatic heterocycles. The van der Waals surface area contributed by atoms with E-state index in [1.54, 1.807) is 44.2 Å². The standard InChI is InChI=1S/C24H29N7O6S/c1-14(2)18(19(33)21(34)28-29-23-30(3)10-11-38-23)27-17(32)13-31-20(15-8-6-5-7-9-15)25-12-16(22(31)35)26-24(36)37-4/h5-9,12,14,18H,10-11,13H2,1-4H3,(H,26,36)(H,27,32)(H,28,34)/t18-/m0/s1. The van der Waals surface area contributed by atoms with Crippen molar-refractivity contribution in [1.82, 2.24) is 25.2 Å². The van der Waals surface area contributed by atoms with Gasteiger partial charge in [0.1, 0.15) is 18.1 Å². The summed E-state index contributed by atoms with van der Waals surface area (Å²) in [6.07, 6.45) is 0.289. The van der Waals surface area contributed by atoms with Gasteiger partial charge in [-0.2, -0.15) is 0 Å². The number of thioether (sulfide) groups is 1. The van der Waals surface area contributed by atoms with Gasteiger partial charge in [0.25, 0.3) is 5.56 Å². The van der Waals surface area contributed by atoms with Gasteiger partial charge < -0.3 is 15.0 Å². The van der Waals surface area contributed by atoms with Gasteiger partial charge in [0, 0.05) is 24.9 Å². The van der Waals surface area contributed by atoms with Crippen LogP contribution in [0.25, 0.3) is 11.4 Å². The van der Waals surface area contributed by atoms with E-state index < -0.39 is 47.8 Å². The van der Waals surface area contributed by atoms with Gasteiger partial charge in [0.2, 0.25) is 11.7 Å². The molecular weight excluding hydrogens is 514 g/mol. The first-order chi connectivity index (χ1) is 18.1. The van der Waals surface area contributed by atoms with E-state index in [9.17, 15) is 24.0 Å². The molecule has 0 saturated carbocycles. The van der Waals surface area contributed by atoms with Crippen LogP contribution in [0.15, 0.2) is 46.4 Å². The average molecular weight is 544 g/mol. The van der Waals surface area contributed by atoms with Crippen LogP contribution in [0.2, 0.25) is 0 Å². The normalized spacial score (nSPS) is 14.8. The van der Waals surface area contributed by atoms with Crippen molar-refractivity contribution in [1.29, 1.82) is 0 Å². The SMILES string of the molecule is COC(=O)Nc1cnc(-c2ccccc2)n(CC(=O)N[C@H](C(=O)C(=O)NN=C2SCCN2C)C(C)C)c1=O. The second-order valence-electron chi connectivity index (χ2n) is 8.63. The van der Waals surface area contributed by atoms with Crippen molar-refractivity contribution in [2.75, 3.05) is 31.8 Å². The Morgan fingerprint density at radius 3 is 2.50 bits per heavy atom. The summed E-state index contributed by atoms with van der Waals surface area (Å²) >= 11 is 1.45. The van der Waals surface area contributed by atoms with E-state index in [1.165, 1.54) is 18.0 Å². The van der Waals surface area contributed by atoms with Crippen molar-refractivity contribution >= 4 is 46.3 Å². The number of benzene rings is 1. The van der Waals surface area contributed by atoms with Gasteiger partial charge in [-0.25, -0.2) is 15.2 Å². The quantitative estimate of drug-likeness (QED) is 0.307. The van der Waals surface area contributed by atoms with Gasteiger partial charge in [-0.1, -0.05) is 55.9 Å². The zero-order valence-electron chi connectivity index (χ0n) is 21.4. The topological polar surface area (TPSA) is 164 Å². The number of Topliss-reactive ketones (excluding diaryl/α,β-unsaturated/α-hetero) is 1. The molecule has 13 nitrogen and oxygen atoms in total. The minimum atomic E-state index is -1.17. The Kier molecular flexibility index (Phi) is 9.60. The molecule has 1 aliphatic rings. The molecule has 2 heterocycles. The fourth-order valence-electron chi connectivity index (χ4n) is 3.49. The molecule has 2 aromatic rings. The lowest BCUT2D eigenvalue weighted by Crippen LogP contribution is -2.51. The second kappa shape index (κ2) is 12.9. The van der Waals surface area contributed by atoms with E-state index in [4.69, 9.17) is 0 Å². The molecule has 1 atom stereocenters. The fourth-order valence-corrected chi connectivity index (χ4v) is 4.46. The minimum absolute atomic E-state index is 0.167. The number of hydrogen-bond acceptors (Lipinski definition) is 9. The number of carbonyl (C=O) groups is 4. The van der Waals surface area contributed by atoms with Crippen molar-refractivity contribution in [3.63, 3.8) is 0 Å². The molecule has 1 aromatic heterocycles. The highest BCUT2D eigenvalue weighted by atomic mass is 32.2. The smallest absolute Gasteiger partial charge is 0.411 e. The van der Waals surface area contributed by atoms with Gasteiger partial charge in [-0.15, -0.1) is 5.10 Å². The van der Waals surface area contributed by atoms with Crippen LogP contribution in [0, 0.1) is 5.92 Å². The maximum Gasteiger partial charge on any atom is 0.411 e. The predicted molar refractivity (Wildman–Crippen MR) is 142 cm³/mol. The minimum Gasteiger partial charge on any atom is -0.453 e. The van der Waals surface area contributed by atoms with Crippen molar-refractivity contribution < 1.29 is 23.9 Å². The summed E-state index contributed by atoms with van der Waals surface area (Å²) in [7, 11) is 2.96. The molecular formula is C24H29N7O6S. The lowest BCUT2D eigenvalue weighted by Gasteiger charge is -2.21. The van der Waals surface area contributed by atoms with Gasteiger partial charge in [0.05, 0.1) is 19.3 Å². The first-order valence-electron chi connectivity index (χ1n) is 11.7. The largest absolute Gasteiger partial charge is 0.453 e. The number of amides is 3. The molecule has 1 saturated heterocycles. The third-order valence-electron chi connectivity index (χ3n) is 5.53. The van der Waals surface area contributed by atoms with Gasteiger partial charge in [0.15, 0.2) is 5.17 Å². The molecule has 0 spiro atoms. The maximum absolute atomic E-state index is 13.2. The highest BCUT2D eigenvalue weighted by Crippen LogP contribution is 2.17. The van der Waals surface area contributed by atoms with Gasteiger partial charge in [-0.05, 0) is 5.92 Å². The van der Waals surface area contributed by atoms with Crippen LogP contribution in [-0.2, 0) is 25.7 Å². The Bertz CT molecular complexity index is 1290. The van der Waals surface area contributed by atoms with Crippen LogP contribution in [0.3, 0.4) is 0 Å². The summed E-state index contributed by atoms with van der Waals surface area (Å²) in [5.74, 6) is -2.01. The molecule has 0 aliphatic carbocycles. The van der Waals surface area contributed by atoms with E-state index in [1.807, 2.05) is 11.9 Å². The summed E-state index contributed by atoms with van der Waals surface area (Å²) in [4.78, 5) is 69.3. The monoisotopic (exact) mass is 543 g/mol. The van der Waals surface area contributed by atoms with Crippen LogP contribution in [0.1, 0.15) is 13.8 Å². The average Bonchev–Trinajstić information content (AvgIpc) is 3.32.